The molecule has 9 heteroatoms. The second-order valence-electron chi connectivity index (χ2n) is 4.89. The molecule has 20 heavy (non-hydrogen) atoms. The lowest BCUT2D eigenvalue weighted by atomic mass is 10.2. The van der Waals surface area contributed by atoms with Crippen molar-refractivity contribution in [2.45, 2.75) is 13.8 Å². The summed E-state index contributed by atoms with van der Waals surface area (Å²) in [4.78, 5) is 16.2. The number of rotatable bonds is 7. The molecule has 0 aliphatic carbocycles. The van der Waals surface area contributed by atoms with Gasteiger partial charge in [-0.1, -0.05) is 25.2 Å². The highest BCUT2D eigenvalue weighted by Gasteiger charge is 2.16. The number of nitrogens with two attached hydrogens (primary N) is 1. The van der Waals surface area contributed by atoms with Crippen LogP contribution in [0.1, 0.15) is 23.5 Å². The molecule has 0 unspecified atom stereocenters. The maximum atomic E-state index is 11.9. The van der Waals surface area contributed by atoms with Crippen molar-refractivity contribution in [3.63, 3.8) is 0 Å². The van der Waals surface area contributed by atoms with Gasteiger partial charge in [0.05, 0.1) is 5.75 Å². The molecule has 0 atom stereocenters. The second-order valence-corrected chi connectivity index (χ2v) is 8.15. The molecule has 0 aliphatic heterocycles. The summed E-state index contributed by atoms with van der Waals surface area (Å²) in [7, 11) is -3.10. The van der Waals surface area contributed by atoms with E-state index in [1.165, 1.54) is 0 Å². The number of sulfone groups is 1. The number of aromatic nitrogens is 1. The first kappa shape index (κ1) is 16.7. The molecule has 0 aromatic carbocycles. The third-order valence-corrected chi connectivity index (χ3v) is 4.25. The molecule has 0 fully saturated rings. The van der Waals surface area contributed by atoms with E-state index in [9.17, 15) is 13.2 Å². The van der Waals surface area contributed by atoms with Crippen LogP contribution in [0.4, 0.5) is 10.9 Å². The van der Waals surface area contributed by atoms with Gasteiger partial charge in [0.25, 0.3) is 5.91 Å². The fraction of sp³-hybridized carbons (Fsp3) is 0.636. The largest absolute Gasteiger partial charge is 0.382 e. The van der Waals surface area contributed by atoms with Crippen LogP contribution < -0.4 is 16.4 Å². The Labute approximate surface area is 122 Å². The van der Waals surface area contributed by atoms with Gasteiger partial charge in [-0.25, -0.2) is 13.4 Å². The number of amides is 1. The summed E-state index contributed by atoms with van der Waals surface area (Å²) in [5.74, 6) is 0.0992. The highest BCUT2D eigenvalue weighted by molar-refractivity contribution is 7.90. The predicted octanol–water partition coefficient (Wildman–Crippen LogP) is 0.568. The minimum absolute atomic E-state index is 0.0593. The topological polar surface area (TPSA) is 114 Å². The van der Waals surface area contributed by atoms with E-state index < -0.39 is 15.7 Å². The zero-order valence-corrected chi connectivity index (χ0v) is 13.4. The first-order chi connectivity index (χ1) is 9.19. The molecule has 0 saturated carbocycles. The van der Waals surface area contributed by atoms with Crippen LogP contribution in [0, 0.1) is 5.92 Å². The maximum Gasteiger partial charge on any atom is 0.265 e. The van der Waals surface area contributed by atoms with Crippen molar-refractivity contribution in [2.75, 3.05) is 36.1 Å². The van der Waals surface area contributed by atoms with Crippen LogP contribution in [0.5, 0.6) is 0 Å². The first-order valence-electron chi connectivity index (χ1n) is 6.15. The average Bonchev–Trinajstić information content (AvgIpc) is 2.66. The molecular weight excluding hydrogens is 300 g/mol. The van der Waals surface area contributed by atoms with Crippen LogP contribution in [0.3, 0.4) is 0 Å². The molecule has 4 N–H and O–H groups in total. The van der Waals surface area contributed by atoms with Crippen LogP contribution >= 0.6 is 11.3 Å². The van der Waals surface area contributed by atoms with E-state index in [2.05, 4.69) is 29.5 Å². The maximum absolute atomic E-state index is 11.9. The van der Waals surface area contributed by atoms with Crippen LogP contribution in [-0.2, 0) is 9.84 Å². The number of hydrogen-bond donors (Lipinski definition) is 3. The Morgan fingerprint density at radius 1 is 1.45 bits per heavy atom. The summed E-state index contributed by atoms with van der Waals surface area (Å²) in [5, 5.41) is 6.20. The van der Waals surface area contributed by atoms with Gasteiger partial charge in [-0.05, 0) is 5.92 Å². The molecule has 114 valence electrons. The van der Waals surface area contributed by atoms with Crippen LogP contribution in [0.2, 0.25) is 0 Å². The quantitative estimate of drug-likeness (QED) is 0.676. The Morgan fingerprint density at radius 2 is 2.10 bits per heavy atom. The van der Waals surface area contributed by atoms with Gasteiger partial charge >= 0.3 is 0 Å². The zero-order valence-electron chi connectivity index (χ0n) is 11.8. The van der Waals surface area contributed by atoms with Crippen molar-refractivity contribution < 1.29 is 13.2 Å². The predicted molar refractivity (Wildman–Crippen MR) is 81.9 cm³/mol. The molecule has 1 rings (SSSR count). The van der Waals surface area contributed by atoms with E-state index in [0.717, 1.165) is 24.1 Å². The van der Waals surface area contributed by atoms with Crippen LogP contribution in [0.15, 0.2) is 0 Å². The minimum atomic E-state index is -3.10. The molecule has 1 heterocycles. The molecular formula is C11H20N4O3S2. The molecule has 1 amide bonds. The average molecular weight is 320 g/mol. The Hall–Kier alpha value is -1.35. The van der Waals surface area contributed by atoms with E-state index in [4.69, 9.17) is 5.73 Å². The number of nitrogens with zero attached hydrogens (tertiary/aromatic N) is 1. The number of carbonyl (C=O) groups excluding carboxylic acids is 1. The standard InChI is InChI=1S/C11H20N4O3S2/c1-7(2)6-14-11-15-9(12)8(19-11)10(16)13-4-5-20(3,17)18/h7H,4-6,12H2,1-3H3,(H,13,16)(H,14,15). The van der Waals surface area contributed by atoms with Crippen molar-refractivity contribution >= 4 is 38.0 Å². The number of thiazole rings is 1. The van der Waals surface area contributed by atoms with E-state index >= 15 is 0 Å². The summed E-state index contributed by atoms with van der Waals surface area (Å²) < 4.78 is 21.9. The number of hydrogen-bond acceptors (Lipinski definition) is 7. The van der Waals surface area contributed by atoms with Crippen molar-refractivity contribution in [3.8, 4) is 0 Å². The molecule has 0 saturated heterocycles. The van der Waals surface area contributed by atoms with Gasteiger partial charge in [0.2, 0.25) is 0 Å². The highest BCUT2D eigenvalue weighted by Crippen LogP contribution is 2.24. The Kier molecular flexibility index (Phi) is 5.75. The van der Waals surface area contributed by atoms with Gasteiger partial charge in [-0.3, -0.25) is 4.79 Å². The zero-order chi connectivity index (χ0) is 15.3. The number of anilines is 2. The lowest BCUT2D eigenvalue weighted by Gasteiger charge is -2.04. The van der Waals surface area contributed by atoms with Gasteiger partial charge < -0.3 is 16.4 Å². The third kappa shape index (κ3) is 5.74. The van der Waals surface area contributed by atoms with Gasteiger partial charge in [0, 0.05) is 19.3 Å². The lowest BCUT2D eigenvalue weighted by molar-refractivity contribution is 0.0961. The van der Waals surface area contributed by atoms with Crippen molar-refractivity contribution in [1.29, 1.82) is 0 Å². The highest BCUT2D eigenvalue weighted by atomic mass is 32.2. The molecule has 0 radical (unpaired) electrons. The van der Waals surface area contributed by atoms with Crippen molar-refractivity contribution in [1.82, 2.24) is 10.3 Å². The second kappa shape index (κ2) is 6.89. The molecule has 7 nitrogen and oxygen atoms in total. The van der Waals surface area contributed by atoms with Crippen molar-refractivity contribution in [3.05, 3.63) is 4.88 Å². The van der Waals surface area contributed by atoms with Gasteiger partial charge in [-0.2, -0.15) is 0 Å². The Balaban J connectivity index is 2.60. The minimum Gasteiger partial charge on any atom is -0.382 e. The summed E-state index contributed by atoms with van der Waals surface area (Å²) in [6.07, 6.45) is 1.12. The lowest BCUT2D eigenvalue weighted by Crippen LogP contribution is -2.28. The van der Waals surface area contributed by atoms with E-state index in [1.54, 1.807) is 0 Å². The summed E-state index contributed by atoms with van der Waals surface area (Å²) >= 11 is 1.16. The molecule has 0 aliphatic rings. The number of nitrogen functional groups attached to an aromatic ring is 1. The smallest absolute Gasteiger partial charge is 0.265 e. The van der Waals surface area contributed by atoms with Gasteiger partial charge in [0.1, 0.15) is 20.5 Å². The molecule has 1 aromatic heterocycles. The first-order valence-corrected chi connectivity index (χ1v) is 9.03. The van der Waals surface area contributed by atoms with E-state index in [0.29, 0.717) is 15.9 Å². The summed E-state index contributed by atoms with van der Waals surface area (Å²) in [6, 6.07) is 0. The Morgan fingerprint density at radius 3 is 2.65 bits per heavy atom. The van der Waals surface area contributed by atoms with E-state index in [-0.39, 0.29) is 18.1 Å². The van der Waals surface area contributed by atoms with Crippen LogP contribution in [0.25, 0.3) is 0 Å². The summed E-state index contributed by atoms with van der Waals surface area (Å²) in [6.45, 7) is 4.91. The van der Waals surface area contributed by atoms with E-state index in [1.807, 2.05) is 0 Å². The Bertz CT molecular complexity index is 566. The van der Waals surface area contributed by atoms with Crippen LogP contribution in [-0.4, -0.2) is 44.4 Å². The fourth-order valence-corrected chi connectivity index (χ4v) is 2.57. The summed E-state index contributed by atoms with van der Waals surface area (Å²) in [5.41, 5.74) is 5.69. The third-order valence-electron chi connectivity index (χ3n) is 2.28. The monoisotopic (exact) mass is 320 g/mol. The molecule has 0 bridgehead atoms. The van der Waals surface area contributed by atoms with Gasteiger partial charge in [-0.15, -0.1) is 0 Å². The van der Waals surface area contributed by atoms with Crippen molar-refractivity contribution in [2.24, 2.45) is 5.92 Å². The SMILES string of the molecule is CC(C)CNc1nc(N)c(C(=O)NCCS(C)(=O)=O)s1. The molecule has 1 aromatic rings. The van der Waals surface area contributed by atoms with Gasteiger partial charge in [0.15, 0.2) is 5.13 Å². The number of carbonyl (C=O) groups is 1. The fourth-order valence-electron chi connectivity index (χ4n) is 1.29. The normalized spacial score (nSPS) is 11.6. The molecule has 0 spiro atoms. The number of nitrogens with one attached hydrogen (secondary N) is 2.